The van der Waals surface area contributed by atoms with E-state index in [9.17, 15) is 0 Å². The second kappa shape index (κ2) is 5.59. The number of methoxy groups -OCH3 is 1. The van der Waals surface area contributed by atoms with Gasteiger partial charge in [0.25, 0.3) is 0 Å². The molecule has 1 saturated heterocycles. The number of hydrogen-bond donors (Lipinski definition) is 1. The molecule has 0 spiro atoms. The Morgan fingerprint density at radius 3 is 2.83 bits per heavy atom. The van der Waals surface area contributed by atoms with E-state index in [1.165, 1.54) is 5.69 Å². The molecule has 2 N–H and O–H groups in total. The van der Waals surface area contributed by atoms with Gasteiger partial charge < -0.3 is 15.4 Å². The van der Waals surface area contributed by atoms with Crippen molar-refractivity contribution in [3.63, 3.8) is 0 Å². The fourth-order valence-corrected chi connectivity index (χ4v) is 2.49. The van der Waals surface area contributed by atoms with Crippen LogP contribution in [-0.2, 0) is 0 Å². The Hall–Kier alpha value is -1.26. The molecule has 1 aromatic rings. The van der Waals surface area contributed by atoms with E-state index in [2.05, 4.69) is 35.9 Å². The predicted octanol–water partition coefficient (Wildman–Crippen LogP) is 1.16. The van der Waals surface area contributed by atoms with Crippen LogP contribution in [0.15, 0.2) is 24.3 Å². The standard InChI is InChI=1S/C14H23N3O/c1-11-9-17(13(8-15)10-16(11)2)12-5-4-6-14(7-12)18-3/h4-7,11,13H,8-10,15H2,1-3H3. The number of rotatable bonds is 3. The second-order valence-electron chi connectivity index (χ2n) is 5.03. The highest BCUT2D eigenvalue weighted by Crippen LogP contribution is 2.25. The maximum Gasteiger partial charge on any atom is 0.120 e. The summed E-state index contributed by atoms with van der Waals surface area (Å²) < 4.78 is 5.29. The second-order valence-corrected chi connectivity index (χ2v) is 5.03. The summed E-state index contributed by atoms with van der Waals surface area (Å²) in [6.45, 7) is 4.94. The first-order chi connectivity index (χ1) is 8.65. The van der Waals surface area contributed by atoms with Crippen LogP contribution in [0.1, 0.15) is 6.92 Å². The molecule has 18 heavy (non-hydrogen) atoms. The molecule has 0 aliphatic carbocycles. The fraction of sp³-hybridized carbons (Fsp3) is 0.571. The van der Waals surface area contributed by atoms with Gasteiger partial charge in [0.1, 0.15) is 5.75 Å². The highest BCUT2D eigenvalue weighted by atomic mass is 16.5. The Bertz CT molecular complexity index is 396. The Morgan fingerprint density at radius 1 is 1.39 bits per heavy atom. The van der Waals surface area contributed by atoms with Gasteiger partial charge in [0.05, 0.1) is 13.2 Å². The molecule has 1 aliphatic rings. The van der Waals surface area contributed by atoms with Gasteiger partial charge >= 0.3 is 0 Å². The van der Waals surface area contributed by atoms with Crippen molar-refractivity contribution in [3.05, 3.63) is 24.3 Å². The van der Waals surface area contributed by atoms with E-state index in [4.69, 9.17) is 10.5 Å². The summed E-state index contributed by atoms with van der Waals surface area (Å²) >= 11 is 0. The number of benzene rings is 1. The molecule has 100 valence electrons. The van der Waals surface area contributed by atoms with Gasteiger partial charge in [-0.3, -0.25) is 4.90 Å². The molecule has 0 aromatic heterocycles. The van der Waals surface area contributed by atoms with Crippen LogP contribution in [-0.4, -0.2) is 50.8 Å². The lowest BCUT2D eigenvalue weighted by Gasteiger charge is -2.44. The molecular weight excluding hydrogens is 226 g/mol. The van der Waals surface area contributed by atoms with Crippen LogP contribution in [0.4, 0.5) is 5.69 Å². The van der Waals surface area contributed by atoms with Gasteiger partial charge in [-0.25, -0.2) is 0 Å². The molecule has 2 atom stereocenters. The predicted molar refractivity (Wildman–Crippen MR) is 75.3 cm³/mol. The first-order valence-corrected chi connectivity index (χ1v) is 6.46. The molecule has 1 fully saturated rings. The van der Waals surface area contributed by atoms with Crippen molar-refractivity contribution in [2.75, 3.05) is 38.7 Å². The molecule has 1 aliphatic heterocycles. The number of nitrogens with zero attached hydrogens (tertiary/aromatic N) is 2. The fourth-order valence-electron chi connectivity index (χ4n) is 2.49. The third kappa shape index (κ3) is 2.60. The lowest BCUT2D eigenvalue weighted by molar-refractivity contribution is 0.202. The number of likely N-dealkylation sites (N-methyl/N-ethyl adjacent to an activating group) is 1. The SMILES string of the molecule is COc1cccc(N2CC(C)N(C)CC2CN)c1. The molecule has 2 rings (SSSR count). The molecule has 4 heteroatoms. The molecule has 0 radical (unpaired) electrons. The van der Waals surface area contributed by atoms with Crippen LogP contribution in [0.2, 0.25) is 0 Å². The highest BCUT2D eigenvalue weighted by molar-refractivity contribution is 5.52. The maximum absolute atomic E-state index is 5.91. The van der Waals surface area contributed by atoms with Gasteiger partial charge in [-0.2, -0.15) is 0 Å². The average molecular weight is 249 g/mol. The van der Waals surface area contributed by atoms with Crippen LogP contribution in [0, 0.1) is 0 Å². The molecule has 1 heterocycles. The summed E-state index contributed by atoms with van der Waals surface area (Å²) in [6.07, 6.45) is 0. The van der Waals surface area contributed by atoms with Crippen LogP contribution in [0.5, 0.6) is 5.75 Å². The number of piperazine rings is 1. The molecule has 0 saturated carbocycles. The number of ether oxygens (including phenoxy) is 1. The summed E-state index contributed by atoms with van der Waals surface area (Å²) in [5, 5.41) is 0. The van der Waals surface area contributed by atoms with E-state index in [0.717, 1.165) is 18.8 Å². The van der Waals surface area contributed by atoms with Gasteiger partial charge in [0, 0.05) is 37.4 Å². The van der Waals surface area contributed by atoms with Crippen molar-refractivity contribution >= 4 is 5.69 Å². The quantitative estimate of drug-likeness (QED) is 0.873. The van der Waals surface area contributed by atoms with E-state index >= 15 is 0 Å². The molecule has 1 aromatic carbocycles. The maximum atomic E-state index is 5.91. The van der Waals surface area contributed by atoms with E-state index in [0.29, 0.717) is 18.6 Å². The lowest BCUT2D eigenvalue weighted by Crippen LogP contribution is -2.58. The summed E-state index contributed by atoms with van der Waals surface area (Å²) in [5.74, 6) is 0.898. The molecule has 4 nitrogen and oxygen atoms in total. The van der Waals surface area contributed by atoms with Crippen LogP contribution in [0.3, 0.4) is 0 Å². The van der Waals surface area contributed by atoms with Crippen molar-refractivity contribution in [1.82, 2.24) is 4.90 Å². The summed E-state index contributed by atoms with van der Waals surface area (Å²) in [7, 11) is 3.86. The zero-order valence-corrected chi connectivity index (χ0v) is 11.5. The van der Waals surface area contributed by atoms with Crippen LogP contribution in [0.25, 0.3) is 0 Å². The molecule has 0 bridgehead atoms. The number of nitrogens with two attached hydrogens (primary N) is 1. The van der Waals surface area contributed by atoms with Gasteiger partial charge in [-0.05, 0) is 26.1 Å². The zero-order chi connectivity index (χ0) is 13.1. The van der Waals surface area contributed by atoms with E-state index in [-0.39, 0.29) is 0 Å². The van der Waals surface area contributed by atoms with E-state index in [1.807, 2.05) is 12.1 Å². The van der Waals surface area contributed by atoms with Gasteiger partial charge in [-0.1, -0.05) is 6.07 Å². The summed E-state index contributed by atoms with van der Waals surface area (Å²) in [5.41, 5.74) is 7.11. The largest absolute Gasteiger partial charge is 0.497 e. The topological polar surface area (TPSA) is 41.7 Å². The normalized spacial score (nSPS) is 25.2. The zero-order valence-electron chi connectivity index (χ0n) is 11.5. The smallest absolute Gasteiger partial charge is 0.120 e. The highest BCUT2D eigenvalue weighted by Gasteiger charge is 2.28. The van der Waals surface area contributed by atoms with Gasteiger partial charge in [0.15, 0.2) is 0 Å². The monoisotopic (exact) mass is 249 g/mol. The lowest BCUT2D eigenvalue weighted by atomic mass is 10.1. The first kappa shape index (κ1) is 13.2. The van der Waals surface area contributed by atoms with Crippen molar-refractivity contribution in [2.45, 2.75) is 19.0 Å². The summed E-state index contributed by atoms with van der Waals surface area (Å²) in [6, 6.07) is 9.13. The number of anilines is 1. The third-order valence-electron chi connectivity index (χ3n) is 3.81. The Kier molecular flexibility index (Phi) is 4.09. The van der Waals surface area contributed by atoms with E-state index < -0.39 is 0 Å². The Balaban J connectivity index is 2.23. The van der Waals surface area contributed by atoms with Crippen molar-refractivity contribution in [1.29, 1.82) is 0 Å². The average Bonchev–Trinajstić information content (AvgIpc) is 2.41. The minimum atomic E-state index is 0.373. The van der Waals surface area contributed by atoms with Crippen LogP contribution < -0.4 is 15.4 Å². The molecule has 2 unspecified atom stereocenters. The Labute approximate surface area is 109 Å². The molecular formula is C14H23N3O. The minimum Gasteiger partial charge on any atom is -0.497 e. The van der Waals surface area contributed by atoms with Crippen molar-refractivity contribution in [3.8, 4) is 5.75 Å². The van der Waals surface area contributed by atoms with Crippen molar-refractivity contribution < 1.29 is 4.74 Å². The minimum absolute atomic E-state index is 0.373. The van der Waals surface area contributed by atoms with Crippen LogP contribution >= 0.6 is 0 Å². The van der Waals surface area contributed by atoms with Crippen molar-refractivity contribution in [2.24, 2.45) is 5.73 Å². The third-order valence-corrected chi connectivity index (χ3v) is 3.81. The number of hydrogen-bond acceptors (Lipinski definition) is 4. The van der Waals surface area contributed by atoms with Gasteiger partial charge in [0.2, 0.25) is 0 Å². The van der Waals surface area contributed by atoms with E-state index in [1.54, 1.807) is 7.11 Å². The summed E-state index contributed by atoms with van der Waals surface area (Å²) in [4.78, 5) is 4.77. The van der Waals surface area contributed by atoms with Gasteiger partial charge in [-0.15, -0.1) is 0 Å². The first-order valence-electron chi connectivity index (χ1n) is 6.46. The molecule has 0 amide bonds. The Morgan fingerprint density at radius 2 is 2.17 bits per heavy atom.